The molecule has 0 saturated carbocycles. The van der Waals surface area contributed by atoms with Crippen molar-refractivity contribution in [2.24, 2.45) is 5.92 Å². The quantitative estimate of drug-likeness (QED) is 0.397. The Morgan fingerprint density at radius 1 is 1.21 bits per heavy atom. The van der Waals surface area contributed by atoms with Crippen LogP contribution in [0.5, 0.6) is 0 Å². The summed E-state index contributed by atoms with van der Waals surface area (Å²) >= 11 is 0. The Bertz CT molecular complexity index is 1550. The maximum Gasteiger partial charge on any atom is 0.418 e. The van der Waals surface area contributed by atoms with Crippen molar-refractivity contribution in [2.45, 2.75) is 38.6 Å². The number of imidazole rings is 1. The van der Waals surface area contributed by atoms with Crippen LogP contribution in [0.2, 0.25) is 0 Å². The van der Waals surface area contributed by atoms with E-state index in [2.05, 4.69) is 10.2 Å². The van der Waals surface area contributed by atoms with Crippen molar-refractivity contribution in [1.29, 1.82) is 0 Å². The number of hydrogen-bond acceptors (Lipinski definition) is 5. The molecule has 0 radical (unpaired) electrons. The maximum absolute atomic E-state index is 14.2. The molecule has 2 fully saturated rings. The van der Waals surface area contributed by atoms with Gasteiger partial charge in [0.2, 0.25) is 0 Å². The van der Waals surface area contributed by atoms with E-state index in [9.17, 15) is 18.0 Å². The summed E-state index contributed by atoms with van der Waals surface area (Å²) in [7, 11) is 0. The van der Waals surface area contributed by atoms with Gasteiger partial charge >= 0.3 is 11.9 Å². The van der Waals surface area contributed by atoms with Crippen LogP contribution in [0.15, 0.2) is 53.7 Å². The molecule has 2 saturated heterocycles. The van der Waals surface area contributed by atoms with Gasteiger partial charge in [-0.25, -0.2) is 4.79 Å². The highest BCUT2D eigenvalue weighted by Gasteiger charge is 2.35. The molecule has 0 amide bonds. The number of fused-ring (bicyclic) bond motifs is 1. The molecule has 0 bridgehead atoms. The molecule has 3 aromatic heterocycles. The smallest absolute Gasteiger partial charge is 0.381 e. The number of morpholine rings is 1. The van der Waals surface area contributed by atoms with E-state index in [1.54, 1.807) is 12.3 Å². The Morgan fingerprint density at radius 2 is 2.03 bits per heavy atom. The van der Waals surface area contributed by atoms with Gasteiger partial charge in [-0.1, -0.05) is 12.1 Å². The van der Waals surface area contributed by atoms with Crippen LogP contribution in [-0.4, -0.2) is 63.1 Å². The number of nitrogens with zero attached hydrogens (tertiary/aromatic N) is 4. The molecule has 2 aliphatic rings. The first-order chi connectivity index (χ1) is 18.7. The van der Waals surface area contributed by atoms with Gasteiger partial charge in [0, 0.05) is 49.6 Å². The first-order valence-electron chi connectivity index (χ1n) is 13.0. The molecule has 0 spiro atoms. The number of alkyl halides is 3. The van der Waals surface area contributed by atoms with Gasteiger partial charge in [0.25, 0.3) is 0 Å². The fraction of sp³-hybridized carbons (Fsp3) is 0.429. The molecular weight excluding hydrogens is 511 g/mol. The minimum Gasteiger partial charge on any atom is -0.381 e. The Kier molecular flexibility index (Phi) is 6.60. The van der Waals surface area contributed by atoms with E-state index < -0.39 is 17.4 Å². The van der Waals surface area contributed by atoms with Crippen molar-refractivity contribution >= 4 is 5.52 Å². The number of halogens is 3. The lowest BCUT2D eigenvalue weighted by Gasteiger charge is -2.34. The van der Waals surface area contributed by atoms with Crippen molar-refractivity contribution in [3.05, 3.63) is 87.4 Å². The predicted molar refractivity (Wildman–Crippen MR) is 138 cm³/mol. The molecule has 5 heterocycles. The van der Waals surface area contributed by atoms with E-state index >= 15 is 0 Å². The predicted octanol–water partition coefficient (Wildman–Crippen LogP) is 4.14. The van der Waals surface area contributed by atoms with E-state index in [4.69, 9.17) is 9.47 Å². The summed E-state index contributed by atoms with van der Waals surface area (Å²) in [5.41, 5.74) is 2.30. The molecule has 2 atom stereocenters. The number of ether oxygens (including phenoxy) is 2. The zero-order valence-corrected chi connectivity index (χ0v) is 21.7. The van der Waals surface area contributed by atoms with Gasteiger partial charge in [-0.3, -0.25) is 19.0 Å². The number of aryl methyl sites for hydroxylation is 1. The van der Waals surface area contributed by atoms with Gasteiger partial charge in [-0.2, -0.15) is 18.3 Å². The average molecular weight is 542 g/mol. The number of aromatic nitrogens is 4. The normalized spacial score (nSPS) is 19.9. The molecular formula is C28H30F3N5O3. The van der Waals surface area contributed by atoms with Crippen molar-refractivity contribution in [2.75, 3.05) is 32.9 Å². The maximum atomic E-state index is 14.2. The van der Waals surface area contributed by atoms with Gasteiger partial charge in [-0.05, 0) is 48.7 Å². The van der Waals surface area contributed by atoms with E-state index in [1.165, 1.54) is 17.0 Å². The van der Waals surface area contributed by atoms with Crippen LogP contribution < -0.4 is 5.69 Å². The summed E-state index contributed by atoms with van der Waals surface area (Å²) in [6, 6.07) is 8.56. The van der Waals surface area contributed by atoms with E-state index in [0.717, 1.165) is 27.3 Å². The lowest BCUT2D eigenvalue weighted by Crippen LogP contribution is -2.40. The summed E-state index contributed by atoms with van der Waals surface area (Å²) < 4.78 is 56.0. The van der Waals surface area contributed by atoms with Crippen LogP contribution in [0.4, 0.5) is 13.2 Å². The molecule has 206 valence electrons. The number of hydrogen-bond donors (Lipinski definition) is 1. The lowest BCUT2D eigenvalue weighted by molar-refractivity contribution is -0.136. The second-order valence-electron chi connectivity index (χ2n) is 10.6. The Hall–Kier alpha value is -3.41. The number of nitrogens with one attached hydrogen (secondary N) is 1. The second-order valence-corrected chi connectivity index (χ2v) is 10.6. The molecule has 6 rings (SSSR count). The van der Waals surface area contributed by atoms with Gasteiger partial charge in [0.15, 0.2) is 0 Å². The summed E-state index contributed by atoms with van der Waals surface area (Å²) in [6.07, 6.45) is -0.0386. The van der Waals surface area contributed by atoms with Crippen molar-refractivity contribution in [3.63, 3.8) is 0 Å². The third-order valence-electron chi connectivity index (χ3n) is 7.68. The van der Waals surface area contributed by atoms with Crippen LogP contribution in [0.1, 0.15) is 40.8 Å². The summed E-state index contributed by atoms with van der Waals surface area (Å²) in [4.78, 5) is 15.6. The first-order valence-corrected chi connectivity index (χ1v) is 13.0. The zero-order valence-electron chi connectivity index (χ0n) is 21.7. The van der Waals surface area contributed by atoms with E-state index in [0.29, 0.717) is 50.7 Å². The lowest BCUT2D eigenvalue weighted by atomic mass is 9.81. The minimum absolute atomic E-state index is 0.00141. The van der Waals surface area contributed by atoms with Crippen molar-refractivity contribution in [3.8, 4) is 5.69 Å². The molecule has 0 aliphatic carbocycles. The Labute approximate surface area is 223 Å². The molecule has 8 nitrogen and oxygen atoms in total. The Balaban J connectivity index is 1.42. The van der Waals surface area contributed by atoms with Gasteiger partial charge in [0.05, 0.1) is 48.9 Å². The molecule has 2 aliphatic heterocycles. The number of benzene rings is 1. The second kappa shape index (κ2) is 9.96. The first kappa shape index (κ1) is 25.8. The van der Waals surface area contributed by atoms with Crippen LogP contribution in [0.25, 0.3) is 11.2 Å². The van der Waals surface area contributed by atoms with Gasteiger partial charge in [-0.15, -0.1) is 0 Å². The van der Waals surface area contributed by atoms with Gasteiger partial charge < -0.3 is 9.47 Å². The molecule has 1 aromatic carbocycles. The zero-order chi connectivity index (χ0) is 27.3. The third kappa shape index (κ3) is 4.90. The molecule has 39 heavy (non-hydrogen) atoms. The molecule has 1 unspecified atom stereocenters. The Morgan fingerprint density at radius 3 is 2.69 bits per heavy atom. The van der Waals surface area contributed by atoms with Crippen LogP contribution in [0.3, 0.4) is 0 Å². The summed E-state index contributed by atoms with van der Waals surface area (Å²) in [5.74, 6) is 0.189. The summed E-state index contributed by atoms with van der Waals surface area (Å²) in [6.45, 7) is 7.18. The number of rotatable bonds is 6. The summed E-state index contributed by atoms with van der Waals surface area (Å²) in [5, 5.41) is 7.27. The van der Waals surface area contributed by atoms with Crippen LogP contribution in [-0.2, 0) is 22.2 Å². The van der Waals surface area contributed by atoms with Crippen molar-refractivity contribution < 1.29 is 22.6 Å². The average Bonchev–Trinajstić information content (AvgIpc) is 3.43. The fourth-order valence-corrected chi connectivity index (χ4v) is 5.70. The van der Waals surface area contributed by atoms with Crippen LogP contribution in [0, 0.1) is 12.8 Å². The third-order valence-corrected chi connectivity index (χ3v) is 7.68. The van der Waals surface area contributed by atoms with E-state index in [1.807, 2.05) is 36.9 Å². The van der Waals surface area contributed by atoms with Gasteiger partial charge in [0.1, 0.15) is 0 Å². The number of H-pyrrole nitrogens is 1. The van der Waals surface area contributed by atoms with E-state index in [-0.39, 0.29) is 23.5 Å². The molecule has 4 aromatic rings. The highest BCUT2D eigenvalue weighted by atomic mass is 19.4. The number of pyridine rings is 1. The highest BCUT2D eigenvalue weighted by molar-refractivity contribution is 5.58. The largest absolute Gasteiger partial charge is 0.418 e. The monoisotopic (exact) mass is 541 g/mol. The van der Waals surface area contributed by atoms with Crippen molar-refractivity contribution in [1.82, 2.24) is 24.1 Å². The fourth-order valence-electron chi connectivity index (χ4n) is 5.70. The van der Waals surface area contributed by atoms with Crippen LogP contribution >= 0.6 is 0 Å². The topological polar surface area (TPSA) is 76.8 Å². The molecule has 11 heteroatoms. The SMILES string of the molecule is Cc1cn[nH]c1C(c1cccc(-n2cc3c(C(F)(F)F)cc(CN4CCO[C@H](C)C4)cn3c2=O)c1)C1COC1. The molecule has 1 N–H and O–H groups in total. The standard InChI is InChI=1S/C28H30F3N5O3/c1-17-10-32-33-26(17)25(21-15-38-16-21)20-4-3-5-22(9-20)35-14-24-23(28(29,30)31)8-19(13-36(24)27(35)37)12-34-6-7-39-18(2)11-34/h3-5,8-10,13-14,18,21,25H,6-7,11-12,15-16H2,1-2H3,(H,32,33)/t18-,25?/m1/s1. The number of aromatic amines is 1. The minimum atomic E-state index is -4.62. The highest BCUT2D eigenvalue weighted by Crippen LogP contribution is 2.38.